The molecule has 1 amide bonds. The van der Waals surface area contributed by atoms with Crippen LogP contribution in [0.25, 0.3) is 0 Å². The van der Waals surface area contributed by atoms with Crippen molar-refractivity contribution < 1.29 is 9.90 Å². The second kappa shape index (κ2) is 4.88. The van der Waals surface area contributed by atoms with Crippen LogP contribution in [-0.2, 0) is 11.3 Å². The maximum absolute atomic E-state index is 12.5. The average Bonchev–Trinajstić information content (AvgIpc) is 2.91. The summed E-state index contributed by atoms with van der Waals surface area (Å²) >= 11 is 0. The summed E-state index contributed by atoms with van der Waals surface area (Å²) in [5.41, 5.74) is 1.16. The number of aromatic nitrogens is 2. The average molecular weight is 277 g/mol. The van der Waals surface area contributed by atoms with E-state index in [2.05, 4.69) is 12.0 Å². The first-order valence-corrected chi connectivity index (χ1v) is 7.44. The third-order valence-corrected chi connectivity index (χ3v) is 4.96. The van der Waals surface area contributed by atoms with Gasteiger partial charge in [-0.2, -0.15) is 5.10 Å². The summed E-state index contributed by atoms with van der Waals surface area (Å²) < 4.78 is 1.71. The first kappa shape index (κ1) is 13.6. The zero-order valence-corrected chi connectivity index (χ0v) is 12.2. The minimum absolute atomic E-state index is 0.0906. The molecule has 1 aromatic rings. The lowest BCUT2D eigenvalue weighted by Crippen LogP contribution is -2.47. The molecule has 0 aromatic carbocycles. The zero-order chi connectivity index (χ0) is 14.3. The van der Waals surface area contributed by atoms with Gasteiger partial charge in [0, 0.05) is 18.8 Å². The second-order valence-electron chi connectivity index (χ2n) is 6.66. The van der Waals surface area contributed by atoms with Crippen LogP contribution in [0.15, 0.2) is 12.4 Å². The monoisotopic (exact) mass is 277 g/mol. The van der Waals surface area contributed by atoms with Crippen molar-refractivity contribution in [1.29, 1.82) is 0 Å². The van der Waals surface area contributed by atoms with Crippen LogP contribution < -0.4 is 0 Å². The molecule has 0 radical (unpaired) electrons. The zero-order valence-electron chi connectivity index (χ0n) is 12.2. The predicted octanol–water partition coefficient (Wildman–Crippen LogP) is 1.34. The van der Waals surface area contributed by atoms with Crippen LogP contribution in [0.4, 0.5) is 0 Å². The minimum atomic E-state index is -0.194. The Bertz CT molecular complexity index is 513. The fraction of sp³-hybridized carbons (Fsp3) is 0.733. The number of aryl methyl sites for hydroxylation is 1. The van der Waals surface area contributed by atoms with Crippen LogP contribution in [0.3, 0.4) is 0 Å². The van der Waals surface area contributed by atoms with Gasteiger partial charge < -0.3 is 10.0 Å². The van der Waals surface area contributed by atoms with E-state index in [-0.39, 0.29) is 23.5 Å². The van der Waals surface area contributed by atoms with Crippen LogP contribution >= 0.6 is 0 Å². The van der Waals surface area contributed by atoms with Gasteiger partial charge in [-0.1, -0.05) is 6.92 Å². The van der Waals surface area contributed by atoms with E-state index >= 15 is 0 Å². The third-order valence-electron chi connectivity index (χ3n) is 4.96. The number of hydrogen-bond acceptors (Lipinski definition) is 3. The number of carbonyl (C=O) groups is 1. The van der Waals surface area contributed by atoms with E-state index in [0.29, 0.717) is 6.54 Å². The van der Waals surface area contributed by atoms with Crippen molar-refractivity contribution in [1.82, 2.24) is 14.7 Å². The topological polar surface area (TPSA) is 58.4 Å². The van der Waals surface area contributed by atoms with Gasteiger partial charge in [0.25, 0.3) is 0 Å². The maximum atomic E-state index is 12.5. The van der Waals surface area contributed by atoms with Crippen LogP contribution in [0, 0.1) is 12.3 Å². The van der Waals surface area contributed by atoms with E-state index in [0.717, 1.165) is 37.8 Å². The normalized spacial score (nSPS) is 33.2. The third kappa shape index (κ3) is 2.35. The lowest BCUT2D eigenvalue weighted by molar-refractivity contribution is -0.135. The molecule has 5 heteroatoms. The Labute approximate surface area is 119 Å². The van der Waals surface area contributed by atoms with E-state index in [4.69, 9.17) is 0 Å². The lowest BCUT2D eigenvalue weighted by Gasteiger charge is -2.41. The Kier molecular flexibility index (Phi) is 3.32. The number of rotatable bonds is 2. The molecular formula is C15H23N3O2. The number of likely N-dealkylation sites (tertiary alicyclic amines) is 1. The number of aliphatic hydroxyl groups is 1. The van der Waals surface area contributed by atoms with Crippen molar-refractivity contribution in [3.05, 3.63) is 18.0 Å². The molecule has 0 unspecified atom stereocenters. The van der Waals surface area contributed by atoms with E-state index in [1.54, 1.807) is 10.9 Å². The second-order valence-corrected chi connectivity index (χ2v) is 6.66. The molecule has 0 bridgehead atoms. The number of hydrogen-bond donors (Lipinski definition) is 1. The fourth-order valence-electron chi connectivity index (χ4n) is 3.89. The Morgan fingerprint density at radius 3 is 3.05 bits per heavy atom. The first-order chi connectivity index (χ1) is 9.48. The molecule has 110 valence electrons. The van der Waals surface area contributed by atoms with E-state index in [1.807, 2.05) is 18.0 Å². The minimum Gasteiger partial charge on any atom is -0.393 e. The van der Waals surface area contributed by atoms with Crippen molar-refractivity contribution >= 4 is 5.91 Å². The molecule has 1 aliphatic carbocycles. The summed E-state index contributed by atoms with van der Waals surface area (Å²) in [6.45, 7) is 5.32. The van der Waals surface area contributed by atoms with Crippen LogP contribution in [0.5, 0.6) is 0 Å². The predicted molar refractivity (Wildman–Crippen MR) is 75.0 cm³/mol. The Morgan fingerprint density at radius 2 is 2.35 bits per heavy atom. The van der Waals surface area contributed by atoms with Crippen LogP contribution in [0.1, 0.15) is 38.2 Å². The van der Waals surface area contributed by atoms with Crippen molar-refractivity contribution in [3.63, 3.8) is 0 Å². The molecule has 2 aliphatic rings. The Morgan fingerprint density at radius 1 is 1.55 bits per heavy atom. The quantitative estimate of drug-likeness (QED) is 0.887. The van der Waals surface area contributed by atoms with Gasteiger partial charge in [-0.3, -0.25) is 9.48 Å². The van der Waals surface area contributed by atoms with Gasteiger partial charge in [-0.25, -0.2) is 0 Å². The molecule has 3 rings (SSSR count). The Hall–Kier alpha value is -1.36. The molecule has 1 N–H and O–H groups in total. The van der Waals surface area contributed by atoms with E-state index in [1.165, 1.54) is 0 Å². The molecule has 2 heterocycles. The fourth-order valence-corrected chi connectivity index (χ4v) is 3.89. The van der Waals surface area contributed by atoms with Crippen LogP contribution in [-0.4, -0.2) is 44.4 Å². The van der Waals surface area contributed by atoms with Crippen molar-refractivity contribution in [2.24, 2.45) is 5.41 Å². The maximum Gasteiger partial charge on any atom is 0.244 e. The molecule has 1 saturated carbocycles. The van der Waals surface area contributed by atoms with Gasteiger partial charge in [0.2, 0.25) is 5.91 Å². The molecular weight excluding hydrogens is 254 g/mol. The molecule has 0 spiro atoms. The molecule has 3 atom stereocenters. The summed E-state index contributed by atoms with van der Waals surface area (Å²) in [4.78, 5) is 14.5. The van der Waals surface area contributed by atoms with Gasteiger partial charge in [0.1, 0.15) is 6.54 Å². The van der Waals surface area contributed by atoms with Crippen LogP contribution in [0.2, 0.25) is 0 Å². The Balaban J connectivity index is 1.70. The first-order valence-electron chi connectivity index (χ1n) is 7.44. The SMILES string of the molecule is Cc1cnn(CC(=O)N2CC[C@@]3(C)C[C@H](O)CC[C@@H]23)c1. The standard InChI is InChI=1S/C15H23N3O2/c1-11-8-16-17(9-11)10-14(20)18-6-5-15(2)7-12(19)3-4-13(15)18/h8-9,12-13,19H,3-7,10H2,1-2H3/t12-,13-,15+/m1/s1. The summed E-state index contributed by atoms with van der Waals surface area (Å²) in [5.74, 6) is 0.151. The lowest BCUT2D eigenvalue weighted by atomic mass is 9.71. The molecule has 1 saturated heterocycles. The number of amides is 1. The highest BCUT2D eigenvalue weighted by Crippen LogP contribution is 2.46. The molecule has 20 heavy (non-hydrogen) atoms. The molecule has 5 nitrogen and oxygen atoms in total. The van der Waals surface area contributed by atoms with E-state index < -0.39 is 0 Å². The smallest absolute Gasteiger partial charge is 0.244 e. The highest BCUT2D eigenvalue weighted by molar-refractivity contribution is 5.76. The summed E-state index contributed by atoms with van der Waals surface area (Å²) in [5, 5.41) is 14.1. The van der Waals surface area contributed by atoms with Crippen molar-refractivity contribution in [2.75, 3.05) is 6.54 Å². The molecule has 2 fully saturated rings. The highest BCUT2D eigenvalue weighted by Gasteiger charge is 2.48. The van der Waals surface area contributed by atoms with Crippen molar-refractivity contribution in [2.45, 2.75) is 58.2 Å². The number of aliphatic hydroxyl groups excluding tert-OH is 1. The largest absolute Gasteiger partial charge is 0.393 e. The summed E-state index contributed by atoms with van der Waals surface area (Å²) in [6, 6.07) is 0.287. The van der Waals surface area contributed by atoms with Gasteiger partial charge in [-0.15, -0.1) is 0 Å². The number of nitrogens with zero attached hydrogens (tertiary/aromatic N) is 3. The highest BCUT2D eigenvalue weighted by atomic mass is 16.3. The van der Waals surface area contributed by atoms with Gasteiger partial charge >= 0.3 is 0 Å². The number of carbonyl (C=O) groups excluding carboxylic acids is 1. The number of fused-ring (bicyclic) bond motifs is 1. The van der Waals surface area contributed by atoms with Gasteiger partial charge in [0.15, 0.2) is 0 Å². The molecule has 1 aromatic heterocycles. The summed E-state index contributed by atoms with van der Waals surface area (Å²) in [6.07, 6.45) is 7.03. The molecule has 1 aliphatic heterocycles. The van der Waals surface area contributed by atoms with Crippen molar-refractivity contribution in [3.8, 4) is 0 Å². The van der Waals surface area contributed by atoms with Gasteiger partial charge in [0.05, 0.1) is 12.3 Å². The van der Waals surface area contributed by atoms with E-state index in [9.17, 15) is 9.90 Å². The van der Waals surface area contributed by atoms with Gasteiger partial charge in [-0.05, 0) is 43.6 Å². The summed E-state index contributed by atoms with van der Waals surface area (Å²) in [7, 11) is 0.